The van der Waals surface area contributed by atoms with Crippen molar-refractivity contribution in [1.82, 2.24) is 4.90 Å². The Morgan fingerprint density at radius 1 is 1.32 bits per heavy atom. The molecule has 2 aromatic rings. The first-order chi connectivity index (χ1) is 10.6. The Bertz CT molecular complexity index is 638. The van der Waals surface area contributed by atoms with Gasteiger partial charge in [0.05, 0.1) is 12.6 Å². The topological polar surface area (TPSA) is 72.3 Å². The Labute approximate surface area is 135 Å². The molecule has 0 bridgehead atoms. The van der Waals surface area contributed by atoms with Crippen LogP contribution in [0, 0.1) is 6.92 Å². The summed E-state index contributed by atoms with van der Waals surface area (Å²) in [6.07, 6.45) is 0.702. The third-order valence-electron chi connectivity index (χ3n) is 3.88. The smallest absolute Gasteiger partial charge is 0.236 e. The largest absolute Gasteiger partial charge is 0.399 e. The van der Waals surface area contributed by atoms with Gasteiger partial charge in [-0.2, -0.15) is 0 Å². The van der Waals surface area contributed by atoms with Crippen LogP contribution >= 0.6 is 11.3 Å². The number of carbonyl (C=O) groups is 1. The summed E-state index contributed by atoms with van der Waals surface area (Å²) in [6.45, 7) is 4.72. The second-order valence-electron chi connectivity index (χ2n) is 5.27. The van der Waals surface area contributed by atoms with Crippen LogP contribution < -0.4 is 11.5 Å². The summed E-state index contributed by atoms with van der Waals surface area (Å²) in [5.41, 5.74) is 14.7. The van der Waals surface area contributed by atoms with Crippen molar-refractivity contribution in [3.8, 4) is 0 Å². The molecule has 5 heteroatoms. The minimum absolute atomic E-state index is 0.0225. The first-order valence-electron chi connectivity index (χ1n) is 7.45. The lowest BCUT2D eigenvalue weighted by Gasteiger charge is -2.31. The quantitative estimate of drug-likeness (QED) is 0.805. The normalized spacial score (nSPS) is 12.1. The number of nitrogens with two attached hydrogens (primary N) is 2. The van der Waals surface area contributed by atoms with Crippen molar-refractivity contribution in [2.75, 3.05) is 18.8 Å². The minimum atomic E-state index is -0.0326. The van der Waals surface area contributed by atoms with Gasteiger partial charge in [-0.15, -0.1) is 11.3 Å². The van der Waals surface area contributed by atoms with Gasteiger partial charge in [0.2, 0.25) is 5.91 Å². The highest BCUT2D eigenvalue weighted by Crippen LogP contribution is 2.33. The Morgan fingerprint density at radius 3 is 2.59 bits per heavy atom. The molecule has 0 aliphatic rings. The molecule has 0 saturated heterocycles. The second-order valence-corrected chi connectivity index (χ2v) is 6.22. The molecule has 0 spiro atoms. The molecule has 1 heterocycles. The highest BCUT2D eigenvalue weighted by Gasteiger charge is 2.26. The molecule has 0 aliphatic carbocycles. The van der Waals surface area contributed by atoms with Gasteiger partial charge in [-0.25, -0.2) is 0 Å². The maximum atomic E-state index is 12.2. The number of anilines is 1. The average molecular weight is 317 g/mol. The summed E-state index contributed by atoms with van der Waals surface area (Å²) in [7, 11) is 0. The van der Waals surface area contributed by atoms with E-state index in [1.54, 1.807) is 11.3 Å². The highest BCUT2D eigenvalue weighted by atomic mass is 32.1. The number of rotatable bonds is 6. The number of carbonyl (C=O) groups excluding carboxylic acids is 1. The Balaban J connectivity index is 2.40. The lowest BCUT2D eigenvalue weighted by atomic mass is 9.99. The molecule has 1 amide bonds. The van der Waals surface area contributed by atoms with Crippen LogP contribution in [0.1, 0.15) is 29.0 Å². The molecule has 1 aromatic carbocycles. The summed E-state index contributed by atoms with van der Waals surface area (Å²) >= 11 is 1.68. The van der Waals surface area contributed by atoms with Crippen molar-refractivity contribution < 1.29 is 4.79 Å². The molecule has 0 aliphatic heterocycles. The van der Waals surface area contributed by atoms with Crippen LogP contribution in [0.5, 0.6) is 0 Å². The van der Waals surface area contributed by atoms with Crippen LogP contribution in [0.4, 0.5) is 5.69 Å². The minimum Gasteiger partial charge on any atom is -0.399 e. The maximum Gasteiger partial charge on any atom is 0.236 e. The molecular weight excluding hydrogens is 294 g/mol. The number of hydrogen-bond acceptors (Lipinski definition) is 4. The molecule has 1 aromatic heterocycles. The molecule has 4 nitrogen and oxygen atoms in total. The standard InChI is InChI=1S/C17H23N3OS/c1-3-20(16(21)11-18)15(17-12(2)8-9-22-17)10-13-6-4-5-7-14(13)19/h4-9,15H,3,10-11,18-19H2,1-2H3. The summed E-state index contributed by atoms with van der Waals surface area (Å²) in [5, 5.41) is 2.06. The Kier molecular flexibility index (Phi) is 5.57. The van der Waals surface area contributed by atoms with Crippen molar-refractivity contribution in [3.63, 3.8) is 0 Å². The molecule has 1 unspecified atom stereocenters. The van der Waals surface area contributed by atoms with E-state index < -0.39 is 0 Å². The molecule has 0 radical (unpaired) electrons. The van der Waals surface area contributed by atoms with E-state index in [0.717, 1.165) is 11.3 Å². The predicted octanol–water partition coefficient (Wildman–Crippen LogP) is 2.73. The first kappa shape index (κ1) is 16.5. The molecule has 22 heavy (non-hydrogen) atoms. The summed E-state index contributed by atoms with van der Waals surface area (Å²) in [6, 6.07) is 9.88. The van der Waals surface area contributed by atoms with Gasteiger partial charge < -0.3 is 16.4 Å². The maximum absolute atomic E-state index is 12.2. The predicted molar refractivity (Wildman–Crippen MR) is 92.8 cm³/mol. The number of nitrogens with zero attached hydrogens (tertiary/aromatic N) is 1. The van der Waals surface area contributed by atoms with Crippen LogP contribution in [0.15, 0.2) is 35.7 Å². The van der Waals surface area contributed by atoms with E-state index in [-0.39, 0.29) is 18.5 Å². The highest BCUT2D eigenvalue weighted by molar-refractivity contribution is 7.10. The fourth-order valence-corrected chi connectivity index (χ4v) is 3.73. The van der Waals surface area contributed by atoms with E-state index >= 15 is 0 Å². The van der Waals surface area contributed by atoms with E-state index in [4.69, 9.17) is 11.5 Å². The van der Waals surface area contributed by atoms with Gasteiger partial charge in [-0.3, -0.25) is 4.79 Å². The van der Waals surface area contributed by atoms with Gasteiger partial charge in [0.25, 0.3) is 0 Å². The van der Waals surface area contributed by atoms with Gasteiger partial charge >= 0.3 is 0 Å². The molecule has 0 saturated carbocycles. The van der Waals surface area contributed by atoms with Crippen LogP contribution in [-0.2, 0) is 11.2 Å². The van der Waals surface area contributed by atoms with E-state index in [1.807, 2.05) is 36.1 Å². The van der Waals surface area contributed by atoms with E-state index in [1.165, 1.54) is 10.4 Å². The SMILES string of the molecule is CCN(C(=O)CN)C(Cc1ccccc1N)c1sccc1C. The zero-order chi connectivity index (χ0) is 16.1. The molecule has 118 valence electrons. The third-order valence-corrected chi connectivity index (χ3v) is 5.00. The lowest BCUT2D eigenvalue weighted by Crippen LogP contribution is -2.39. The zero-order valence-electron chi connectivity index (χ0n) is 13.1. The zero-order valence-corrected chi connectivity index (χ0v) is 13.9. The van der Waals surface area contributed by atoms with Crippen LogP contribution in [0.25, 0.3) is 0 Å². The van der Waals surface area contributed by atoms with Crippen molar-refractivity contribution >= 4 is 22.9 Å². The van der Waals surface area contributed by atoms with Gasteiger partial charge in [0.15, 0.2) is 0 Å². The number of amides is 1. The number of hydrogen-bond donors (Lipinski definition) is 2. The van der Waals surface area contributed by atoms with E-state index in [0.29, 0.717) is 13.0 Å². The number of thiophene rings is 1. The summed E-state index contributed by atoms with van der Waals surface area (Å²) in [5.74, 6) is -0.0326. The van der Waals surface area contributed by atoms with Gasteiger partial charge in [0, 0.05) is 17.1 Å². The van der Waals surface area contributed by atoms with Crippen molar-refractivity contribution in [2.24, 2.45) is 5.73 Å². The third kappa shape index (κ3) is 3.48. The average Bonchev–Trinajstić information content (AvgIpc) is 2.94. The molecule has 2 rings (SSSR count). The number of para-hydroxylation sites is 1. The molecule has 1 atom stereocenters. The number of nitrogen functional groups attached to an aromatic ring is 1. The first-order valence-corrected chi connectivity index (χ1v) is 8.33. The van der Waals surface area contributed by atoms with E-state index in [2.05, 4.69) is 18.4 Å². The van der Waals surface area contributed by atoms with Crippen LogP contribution in [-0.4, -0.2) is 23.9 Å². The molecular formula is C17H23N3OS. The van der Waals surface area contributed by atoms with Crippen LogP contribution in [0.3, 0.4) is 0 Å². The number of likely N-dealkylation sites (N-methyl/N-ethyl adjacent to an activating group) is 1. The Morgan fingerprint density at radius 2 is 2.05 bits per heavy atom. The van der Waals surface area contributed by atoms with E-state index in [9.17, 15) is 4.79 Å². The molecule has 4 N–H and O–H groups in total. The Hall–Kier alpha value is -1.85. The number of benzene rings is 1. The van der Waals surface area contributed by atoms with Crippen molar-refractivity contribution in [1.29, 1.82) is 0 Å². The second kappa shape index (κ2) is 7.42. The lowest BCUT2D eigenvalue weighted by molar-refractivity contribution is -0.131. The van der Waals surface area contributed by atoms with Crippen molar-refractivity contribution in [2.45, 2.75) is 26.3 Å². The van der Waals surface area contributed by atoms with Gasteiger partial charge in [-0.1, -0.05) is 18.2 Å². The fourth-order valence-electron chi connectivity index (χ4n) is 2.69. The molecule has 0 fully saturated rings. The monoisotopic (exact) mass is 317 g/mol. The van der Waals surface area contributed by atoms with Gasteiger partial charge in [0.1, 0.15) is 0 Å². The van der Waals surface area contributed by atoms with Gasteiger partial charge in [-0.05, 0) is 48.9 Å². The summed E-state index contributed by atoms with van der Waals surface area (Å²) < 4.78 is 0. The number of aryl methyl sites for hydroxylation is 1. The fraction of sp³-hybridized carbons (Fsp3) is 0.353. The summed E-state index contributed by atoms with van der Waals surface area (Å²) in [4.78, 5) is 15.3. The van der Waals surface area contributed by atoms with Crippen molar-refractivity contribution in [3.05, 3.63) is 51.7 Å². The van der Waals surface area contributed by atoms with Crippen LogP contribution in [0.2, 0.25) is 0 Å².